The molecule has 26 heavy (non-hydrogen) atoms. The summed E-state index contributed by atoms with van der Waals surface area (Å²) in [7, 11) is 0. The van der Waals surface area contributed by atoms with Crippen LogP contribution >= 0.6 is 0 Å². The Morgan fingerprint density at radius 1 is 1.12 bits per heavy atom. The minimum atomic E-state index is -0.392. The summed E-state index contributed by atoms with van der Waals surface area (Å²) in [5.41, 5.74) is 8.68. The Morgan fingerprint density at radius 3 is 2.65 bits per heavy atom. The third kappa shape index (κ3) is 2.80. The number of benzene rings is 2. The molecule has 0 saturated carbocycles. The van der Waals surface area contributed by atoms with Crippen LogP contribution in [0.25, 0.3) is 22.0 Å². The molecule has 132 valence electrons. The number of rotatable bonds is 3. The van der Waals surface area contributed by atoms with Gasteiger partial charge in [0, 0.05) is 35.8 Å². The van der Waals surface area contributed by atoms with E-state index in [0.717, 1.165) is 24.3 Å². The van der Waals surface area contributed by atoms with Crippen molar-refractivity contribution in [3.63, 3.8) is 0 Å². The normalized spacial score (nSPS) is 14.5. The number of morpholine rings is 1. The van der Waals surface area contributed by atoms with E-state index in [1.165, 1.54) is 12.4 Å². The summed E-state index contributed by atoms with van der Waals surface area (Å²) >= 11 is 0. The van der Waals surface area contributed by atoms with Gasteiger partial charge in [0.05, 0.1) is 29.2 Å². The van der Waals surface area contributed by atoms with E-state index in [1.807, 2.05) is 24.3 Å². The van der Waals surface area contributed by atoms with Crippen LogP contribution in [0.1, 0.15) is 0 Å². The summed E-state index contributed by atoms with van der Waals surface area (Å²) in [6.07, 6.45) is 1.36. The molecule has 0 atom stereocenters. The van der Waals surface area contributed by atoms with Crippen molar-refractivity contribution in [1.29, 1.82) is 0 Å². The zero-order valence-corrected chi connectivity index (χ0v) is 14.0. The zero-order valence-electron chi connectivity index (χ0n) is 14.0. The van der Waals surface area contributed by atoms with E-state index in [9.17, 15) is 10.1 Å². The first-order valence-electron chi connectivity index (χ1n) is 8.26. The number of hydrogen-bond donors (Lipinski definition) is 1. The predicted octanol–water partition coefficient (Wildman–Crippen LogP) is 2.62. The number of fused-ring (bicyclic) bond motifs is 1. The number of nitrogen functional groups attached to an aromatic ring is 1. The fourth-order valence-electron chi connectivity index (χ4n) is 3.26. The predicted molar refractivity (Wildman–Crippen MR) is 99.1 cm³/mol. The Balaban J connectivity index is 1.94. The maximum atomic E-state index is 11.7. The number of para-hydroxylation sites is 1. The molecule has 8 nitrogen and oxygen atoms in total. The number of nitrogens with two attached hydrogens (primary N) is 1. The van der Waals surface area contributed by atoms with Crippen LogP contribution in [0.3, 0.4) is 0 Å². The van der Waals surface area contributed by atoms with Gasteiger partial charge >= 0.3 is 0 Å². The van der Waals surface area contributed by atoms with Crippen LogP contribution in [0.15, 0.2) is 42.7 Å². The summed E-state index contributed by atoms with van der Waals surface area (Å²) in [4.78, 5) is 21.7. The third-order valence-electron chi connectivity index (χ3n) is 4.53. The molecule has 1 saturated heterocycles. The number of nitro benzene ring substituents is 1. The van der Waals surface area contributed by atoms with Crippen molar-refractivity contribution in [2.45, 2.75) is 0 Å². The van der Waals surface area contributed by atoms with Gasteiger partial charge in [0.2, 0.25) is 0 Å². The van der Waals surface area contributed by atoms with Crippen LogP contribution < -0.4 is 10.6 Å². The van der Waals surface area contributed by atoms with Crippen molar-refractivity contribution in [3.8, 4) is 11.1 Å². The van der Waals surface area contributed by atoms with Gasteiger partial charge < -0.3 is 15.4 Å². The number of ether oxygens (including phenoxy) is 1. The van der Waals surface area contributed by atoms with E-state index in [-0.39, 0.29) is 11.5 Å². The smallest absolute Gasteiger partial charge is 0.278 e. The average molecular weight is 351 g/mol. The Bertz CT molecular complexity index is 986. The maximum absolute atomic E-state index is 11.7. The molecule has 2 heterocycles. The Hall–Kier alpha value is -3.26. The number of aromatic nitrogens is 2. The second-order valence-corrected chi connectivity index (χ2v) is 6.02. The Labute approximate surface area is 149 Å². The van der Waals surface area contributed by atoms with Gasteiger partial charge in [0.15, 0.2) is 0 Å². The van der Waals surface area contributed by atoms with Crippen molar-refractivity contribution < 1.29 is 9.66 Å². The maximum Gasteiger partial charge on any atom is 0.278 e. The van der Waals surface area contributed by atoms with Crippen LogP contribution in [-0.4, -0.2) is 41.2 Å². The summed E-state index contributed by atoms with van der Waals surface area (Å²) in [5, 5.41) is 12.2. The van der Waals surface area contributed by atoms with Crippen LogP contribution in [-0.2, 0) is 4.74 Å². The molecule has 1 aliphatic rings. The molecule has 1 aromatic heterocycles. The highest BCUT2D eigenvalue weighted by Gasteiger charge is 2.23. The van der Waals surface area contributed by atoms with Crippen LogP contribution in [0.5, 0.6) is 0 Å². The highest BCUT2D eigenvalue weighted by Crippen LogP contribution is 2.39. The monoisotopic (exact) mass is 351 g/mol. The lowest BCUT2D eigenvalue weighted by molar-refractivity contribution is -0.384. The highest BCUT2D eigenvalue weighted by atomic mass is 16.6. The van der Waals surface area contributed by atoms with Crippen molar-refractivity contribution in [1.82, 2.24) is 9.97 Å². The second-order valence-electron chi connectivity index (χ2n) is 6.02. The summed E-state index contributed by atoms with van der Waals surface area (Å²) < 4.78 is 5.42. The fourth-order valence-corrected chi connectivity index (χ4v) is 3.26. The number of hydrogen-bond acceptors (Lipinski definition) is 7. The van der Waals surface area contributed by atoms with Gasteiger partial charge in [-0.15, -0.1) is 0 Å². The molecule has 8 heteroatoms. The van der Waals surface area contributed by atoms with E-state index >= 15 is 0 Å². The molecule has 0 spiro atoms. The van der Waals surface area contributed by atoms with Gasteiger partial charge in [0.25, 0.3) is 5.69 Å². The van der Waals surface area contributed by atoms with E-state index in [2.05, 4.69) is 14.9 Å². The molecule has 1 fully saturated rings. The molecule has 0 unspecified atom stereocenters. The number of nitrogens with zero attached hydrogens (tertiary/aromatic N) is 4. The zero-order chi connectivity index (χ0) is 18.1. The standard InChI is InChI=1S/C18H17N5O3/c19-18-14-10-17(23(24)25)13(9-15(14)20-11-21-18)12-3-1-2-4-16(12)22-5-7-26-8-6-22/h1-4,9-11H,5-8H2,(H2,19,20,21). The number of nitro groups is 1. The molecular weight excluding hydrogens is 334 g/mol. The molecule has 0 radical (unpaired) electrons. The number of anilines is 2. The molecular formula is C18H17N5O3. The van der Waals surface area contributed by atoms with E-state index < -0.39 is 4.92 Å². The van der Waals surface area contributed by atoms with Crippen molar-refractivity contribution >= 4 is 28.1 Å². The molecule has 0 amide bonds. The largest absolute Gasteiger partial charge is 0.383 e. The first-order valence-corrected chi connectivity index (χ1v) is 8.26. The lowest BCUT2D eigenvalue weighted by Crippen LogP contribution is -2.36. The topological polar surface area (TPSA) is 107 Å². The van der Waals surface area contributed by atoms with E-state index in [0.29, 0.717) is 29.7 Å². The van der Waals surface area contributed by atoms with Gasteiger partial charge in [-0.3, -0.25) is 10.1 Å². The average Bonchev–Trinajstić information content (AvgIpc) is 2.68. The quantitative estimate of drug-likeness (QED) is 0.571. The summed E-state index contributed by atoms with van der Waals surface area (Å²) in [5.74, 6) is 0.228. The van der Waals surface area contributed by atoms with Gasteiger partial charge in [-0.2, -0.15) is 0 Å². The van der Waals surface area contributed by atoms with E-state index in [4.69, 9.17) is 10.5 Å². The fraction of sp³-hybridized carbons (Fsp3) is 0.222. The van der Waals surface area contributed by atoms with Crippen LogP contribution in [0.2, 0.25) is 0 Å². The first-order chi connectivity index (χ1) is 12.6. The minimum Gasteiger partial charge on any atom is -0.383 e. The van der Waals surface area contributed by atoms with Crippen molar-refractivity contribution in [2.24, 2.45) is 0 Å². The Morgan fingerprint density at radius 2 is 1.88 bits per heavy atom. The molecule has 2 N–H and O–H groups in total. The van der Waals surface area contributed by atoms with Crippen molar-refractivity contribution in [2.75, 3.05) is 36.9 Å². The van der Waals surface area contributed by atoms with Crippen molar-refractivity contribution in [3.05, 3.63) is 52.8 Å². The molecule has 2 aromatic carbocycles. The van der Waals surface area contributed by atoms with Gasteiger partial charge in [-0.25, -0.2) is 9.97 Å². The van der Waals surface area contributed by atoms with Gasteiger partial charge in [-0.05, 0) is 12.1 Å². The second kappa shape index (κ2) is 6.57. The molecule has 0 aliphatic carbocycles. The lowest BCUT2D eigenvalue weighted by Gasteiger charge is -2.30. The molecule has 3 aromatic rings. The Kier molecular flexibility index (Phi) is 4.10. The summed E-state index contributed by atoms with van der Waals surface area (Å²) in [6.45, 7) is 2.76. The van der Waals surface area contributed by atoms with Crippen LogP contribution in [0.4, 0.5) is 17.2 Å². The van der Waals surface area contributed by atoms with E-state index in [1.54, 1.807) is 6.07 Å². The lowest BCUT2D eigenvalue weighted by atomic mass is 9.99. The molecule has 4 rings (SSSR count). The third-order valence-corrected chi connectivity index (χ3v) is 4.53. The van der Waals surface area contributed by atoms with Crippen LogP contribution in [0, 0.1) is 10.1 Å². The SMILES string of the molecule is Nc1ncnc2cc(-c3ccccc3N3CCOCC3)c([N+](=O)[O-])cc12. The van der Waals surface area contributed by atoms with Gasteiger partial charge in [-0.1, -0.05) is 18.2 Å². The first kappa shape index (κ1) is 16.2. The minimum absolute atomic E-state index is 0.0142. The molecule has 1 aliphatic heterocycles. The summed E-state index contributed by atoms with van der Waals surface area (Å²) in [6, 6.07) is 10.8. The molecule has 0 bridgehead atoms. The highest BCUT2D eigenvalue weighted by molar-refractivity contribution is 5.97. The van der Waals surface area contributed by atoms with Gasteiger partial charge in [0.1, 0.15) is 12.1 Å².